The van der Waals surface area contributed by atoms with Crippen molar-refractivity contribution in [3.05, 3.63) is 11.9 Å². The third-order valence-corrected chi connectivity index (χ3v) is 3.75. The van der Waals surface area contributed by atoms with Crippen molar-refractivity contribution in [3.63, 3.8) is 0 Å². The zero-order valence-electron chi connectivity index (χ0n) is 12.6. The van der Waals surface area contributed by atoms with Crippen molar-refractivity contribution in [2.24, 2.45) is 0 Å². The van der Waals surface area contributed by atoms with E-state index in [9.17, 15) is 5.11 Å². The van der Waals surface area contributed by atoms with Crippen LogP contribution in [0, 0.1) is 0 Å². The molecule has 1 aromatic rings. The van der Waals surface area contributed by atoms with Gasteiger partial charge in [0.1, 0.15) is 11.8 Å². The quantitative estimate of drug-likeness (QED) is 0.788. The summed E-state index contributed by atoms with van der Waals surface area (Å²) in [4.78, 5) is 0. The van der Waals surface area contributed by atoms with E-state index in [0.29, 0.717) is 24.6 Å². The molecule has 110 valence electrons. The summed E-state index contributed by atoms with van der Waals surface area (Å²) in [6.07, 6.45) is 2.36. The lowest BCUT2D eigenvalue weighted by atomic mass is 9.88. The van der Waals surface area contributed by atoms with Crippen molar-refractivity contribution in [2.45, 2.75) is 58.8 Å². The number of aryl methyl sites for hydroxylation is 1. The molecule has 1 N–H and O–H groups in total. The zero-order chi connectivity index (χ0) is 14.5. The maximum absolute atomic E-state index is 10.8. The molecule has 0 fully saturated rings. The van der Waals surface area contributed by atoms with Crippen LogP contribution >= 0.6 is 0 Å². The third-order valence-electron chi connectivity index (χ3n) is 3.75. The van der Waals surface area contributed by atoms with Crippen LogP contribution in [0.2, 0.25) is 0 Å². The first-order chi connectivity index (χ1) is 9.10. The van der Waals surface area contributed by atoms with Crippen LogP contribution in [0.3, 0.4) is 0 Å². The van der Waals surface area contributed by atoms with Gasteiger partial charge in [-0.1, -0.05) is 13.8 Å². The number of hydrogen-bond donors (Lipinski definition) is 1. The summed E-state index contributed by atoms with van der Waals surface area (Å²) in [6, 6.07) is 0. The maximum atomic E-state index is 10.8. The molecule has 1 rings (SSSR count). The van der Waals surface area contributed by atoms with Gasteiger partial charge in [-0.05, 0) is 26.7 Å². The monoisotopic (exact) mass is 270 g/mol. The minimum Gasteiger partial charge on any atom is -0.493 e. The molecule has 0 aliphatic carbocycles. The summed E-state index contributed by atoms with van der Waals surface area (Å²) in [7, 11) is 1.59. The number of aliphatic hydroxyl groups excluding tert-OH is 1. The molecular weight excluding hydrogens is 244 g/mol. The van der Waals surface area contributed by atoms with E-state index in [1.807, 2.05) is 27.7 Å². The smallest absolute Gasteiger partial charge is 0.162 e. The minimum absolute atomic E-state index is 0.571. The first-order valence-electron chi connectivity index (χ1n) is 7.01. The molecule has 0 amide bonds. The highest BCUT2D eigenvalue weighted by molar-refractivity contribution is 5.29. The minimum atomic E-state index is -0.750. The molecule has 0 aliphatic rings. The predicted octanol–water partition coefficient (Wildman–Crippen LogP) is 2.54. The summed E-state index contributed by atoms with van der Waals surface area (Å²) in [5.41, 5.74) is 0.108. The van der Waals surface area contributed by atoms with Crippen molar-refractivity contribution < 1.29 is 14.6 Å². The van der Waals surface area contributed by atoms with Crippen molar-refractivity contribution in [1.29, 1.82) is 0 Å². The number of nitrogens with zero attached hydrogens (tertiary/aromatic N) is 2. The molecular formula is C14H26N2O3. The molecule has 19 heavy (non-hydrogen) atoms. The topological polar surface area (TPSA) is 56.5 Å². The van der Waals surface area contributed by atoms with E-state index in [1.165, 1.54) is 0 Å². The van der Waals surface area contributed by atoms with Gasteiger partial charge < -0.3 is 14.6 Å². The van der Waals surface area contributed by atoms with Gasteiger partial charge >= 0.3 is 0 Å². The van der Waals surface area contributed by atoms with Gasteiger partial charge in [-0.25, -0.2) is 0 Å². The van der Waals surface area contributed by atoms with Crippen molar-refractivity contribution in [3.8, 4) is 5.75 Å². The van der Waals surface area contributed by atoms with Crippen LogP contribution < -0.4 is 4.74 Å². The van der Waals surface area contributed by atoms with Crippen molar-refractivity contribution >= 4 is 0 Å². The Kier molecular flexibility index (Phi) is 5.82. The average molecular weight is 270 g/mol. The van der Waals surface area contributed by atoms with Gasteiger partial charge in [-0.15, -0.1) is 0 Å². The Morgan fingerprint density at radius 3 is 2.37 bits per heavy atom. The molecule has 5 nitrogen and oxygen atoms in total. The zero-order valence-corrected chi connectivity index (χ0v) is 12.6. The van der Waals surface area contributed by atoms with Crippen LogP contribution in [-0.2, 0) is 11.3 Å². The van der Waals surface area contributed by atoms with Crippen LogP contribution in [0.15, 0.2) is 6.20 Å². The second-order valence-corrected chi connectivity index (χ2v) is 4.52. The van der Waals surface area contributed by atoms with E-state index in [2.05, 4.69) is 5.10 Å². The number of aromatic nitrogens is 2. The van der Waals surface area contributed by atoms with E-state index in [-0.39, 0.29) is 0 Å². The van der Waals surface area contributed by atoms with Gasteiger partial charge in [0.2, 0.25) is 0 Å². The Labute approximate surface area is 115 Å². The highest BCUT2D eigenvalue weighted by Gasteiger charge is 2.40. The molecule has 1 unspecified atom stereocenters. The molecule has 5 heteroatoms. The van der Waals surface area contributed by atoms with E-state index in [1.54, 1.807) is 18.0 Å². The molecule has 0 aliphatic heterocycles. The van der Waals surface area contributed by atoms with Crippen molar-refractivity contribution in [1.82, 2.24) is 9.78 Å². The van der Waals surface area contributed by atoms with E-state index in [0.717, 1.165) is 12.8 Å². The average Bonchev–Trinajstić information content (AvgIpc) is 2.86. The van der Waals surface area contributed by atoms with E-state index >= 15 is 0 Å². The second-order valence-electron chi connectivity index (χ2n) is 4.52. The second kappa shape index (κ2) is 6.91. The number of aliphatic hydroxyl groups is 1. The van der Waals surface area contributed by atoms with E-state index < -0.39 is 11.7 Å². The SMILES string of the molecule is CCOC(CC)(CC)C(O)c1c(OC)cnn1CC. The molecule has 0 saturated carbocycles. The fraction of sp³-hybridized carbons (Fsp3) is 0.786. The number of rotatable bonds is 8. The summed E-state index contributed by atoms with van der Waals surface area (Å²) in [5.74, 6) is 0.611. The molecule has 1 aromatic heterocycles. The maximum Gasteiger partial charge on any atom is 0.162 e. The van der Waals surface area contributed by atoms with Crippen LogP contribution in [-0.4, -0.2) is 34.2 Å². The summed E-state index contributed by atoms with van der Waals surface area (Å²) < 4.78 is 12.9. The lowest BCUT2D eigenvalue weighted by Gasteiger charge is -2.36. The molecule has 0 saturated heterocycles. The van der Waals surface area contributed by atoms with Crippen LogP contribution in [0.25, 0.3) is 0 Å². The van der Waals surface area contributed by atoms with Crippen molar-refractivity contribution in [2.75, 3.05) is 13.7 Å². The Balaban J connectivity index is 3.21. The Morgan fingerprint density at radius 2 is 1.95 bits per heavy atom. The normalized spacial score (nSPS) is 13.6. The van der Waals surface area contributed by atoms with Crippen LogP contribution in [0.5, 0.6) is 5.75 Å². The lowest BCUT2D eigenvalue weighted by molar-refractivity contribution is -0.130. The van der Waals surface area contributed by atoms with Gasteiger partial charge in [0.05, 0.1) is 18.9 Å². The van der Waals surface area contributed by atoms with Gasteiger partial charge in [0.15, 0.2) is 5.75 Å². The molecule has 0 bridgehead atoms. The molecule has 0 aromatic carbocycles. The van der Waals surface area contributed by atoms with Gasteiger partial charge in [0.25, 0.3) is 0 Å². The highest BCUT2D eigenvalue weighted by Crippen LogP contribution is 2.39. The largest absolute Gasteiger partial charge is 0.493 e. The summed E-state index contributed by atoms with van der Waals surface area (Å²) in [5, 5.41) is 15.1. The summed E-state index contributed by atoms with van der Waals surface area (Å²) >= 11 is 0. The summed E-state index contributed by atoms with van der Waals surface area (Å²) in [6.45, 7) is 9.25. The third kappa shape index (κ3) is 2.92. The number of ether oxygens (including phenoxy) is 2. The predicted molar refractivity (Wildman–Crippen MR) is 74.4 cm³/mol. The van der Waals surface area contributed by atoms with Crippen LogP contribution in [0.4, 0.5) is 0 Å². The van der Waals surface area contributed by atoms with Gasteiger partial charge in [-0.3, -0.25) is 4.68 Å². The Bertz CT molecular complexity index is 365. The highest BCUT2D eigenvalue weighted by atomic mass is 16.5. The molecule has 0 spiro atoms. The first-order valence-corrected chi connectivity index (χ1v) is 7.01. The van der Waals surface area contributed by atoms with E-state index in [4.69, 9.17) is 9.47 Å². The Hall–Kier alpha value is -1.07. The molecule has 0 radical (unpaired) electrons. The number of hydrogen-bond acceptors (Lipinski definition) is 4. The molecule has 1 atom stereocenters. The van der Waals surface area contributed by atoms with Gasteiger partial charge in [-0.2, -0.15) is 5.10 Å². The number of methoxy groups -OCH3 is 1. The standard InChI is InChI=1S/C14H26N2O3/c1-6-14(7-2,19-9-4)13(17)12-11(18-5)10-15-16(12)8-3/h10,13,17H,6-9H2,1-5H3. The lowest BCUT2D eigenvalue weighted by Crippen LogP contribution is -2.39. The fourth-order valence-corrected chi connectivity index (χ4v) is 2.52. The molecule has 1 heterocycles. The first kappa shape index (κ1) is 16.0. The van der Waals surface area contributed by atoms with Gasteiger partial charge in [0, 0.05) is 13.2 Å². The van der Waals surface area contributed by atoms with Crippen LogP contribution in [0.1, 0.15) is 52.3 Å². The fourth-order valence-electron chi connectivity index (χ4n) is 2.52. The Morgan fingerprint density at radius 1 is 1.32 bits per heavy atom.